The monoisotopic (exact) mass is 399 g/mol. The Morgan fingerprint density at radius 2 is 2.15 bits per heavy atom. The van der Waals surface area contributed by atoms with E-state index < -0.39 is 11.2 Å². The van der Waals surface area contributed by atoms with Crippen LogP contribution in [-0.4, -0.2) is 48.6 Å². The summed E-state index contributed by atoms with van der Waals surface area (Å²) >= 11 is 2.81. The number of methoxy groups -OCH3 is 1. The highest BCUT2D eigenvalue weighted by Crippen LogP contribution is 2.29. The second-order valence-electron chi connectivity index (χ2n) is 6.15. The van der Waals surface area contributed by atoms with Crippen LogP contribution in [0.5, 0.6) is 0 Å². The molecule has 8 heteroatoms. The van der Waals surface area contributed by atoms with Gasteiger partial charge in [0.1, 0.15) is 4.88 Å². The maximum atomic E-state index is 12.1. The lowest BCUT2D eigenvalue weighted by molar-refractivity contribution is -0.143. The Balaban J connectivity index is 1.90. The minimum Gasteiger partial charge on any atom is -0.468 e. The second-order valence-corrected chi connectivity index (χ2v) is 8.70. The molecule has 26 heavy (non-hydrogen) atoms. The number of hydrogen-bond acceptors (Lipinski definition) is 7. The first-order valence-electron chi connectivity index (χ1n) is 8.73. The van der Waals surface area contributed by atoms with Gasteiger partial charge < -0.3 is 14.8 Å². The summed E-state index contributed by atoms with van der Waals surface area (Å²) in [7, 11) is 1.29. The van der Waals surface area contributed by atoms with Crippen molar-refractivity contribution in [2.24, 2.45) is 0 Å². The van der Waals surface area contributed by atoms with Gasteiger partial charge in [0.15, 0.2) is 5.25 Å². The van der Waals surface area contributed by atoms with Crippen molar-refractivity contribution in [3.63, 3.8) is 0 Å². The molecule has 1 fully saturated rings. The van der Waals surface area contributed by atoms with E-state index >= 15 is 0 Å². The van der Waals surface area contributed by atoms with Gasteiger partial charge in [0, 0.05) is 16.7 Å². The van der Waals surface area contributed by atoms with Gasteiger partial charge in [-0.15, -0.1) is 23.1 Å². The summed E-state index contributed by atoms with van der Waals surface area (Å²) in [6, 6.07) is 1.88. The molecule has 2 heterocycles. The second kappa shape index (κ2) is 9.97. The molecule has 6 nitrogen and oxygen atoms in total. The van der Waals surface area contributed by atoms with Gasteiger partial charge in [0.2, 0.25) is 5.91 Å². The van der Waals surface area contributed by atoms with Crippen molar-refractivity contribution >= 4 is 40.9 Å². The molecule has 0 aromatic carbocycles. The fourth-order valence-corrected chi connectivity index (χ4v) is 4.91. The Morgan fingerprint density at radius 3 is 2.85 bits per heavy atom. The molecule has 1 aliphatic rings. The Kier molecular flexibility index (Phi) is 7.96. The zero-order valence-corrected chi connectivity index (χ0v) is 17.0. The van der Waals surface area contributed by atoms with Gasteiger partial charge in [0.25, 0.3) is 0 Å². The van der Waals surface area contributed by atoms with E-state index in [4.69, 9.17) is 9.47 Å². The first-order valence-corrected chi connectivity index (χ1v) is 10.5. The van der Waals surface area contributed by atoms with Gasteiger partial charge in [-0.2, -0.15) is 0 Å². The molecule has 0 radical (unpaired) electrons. The summed E-state index contributed by atoms with van der Waals surface area (Å²) in [5.41, 5.74) is 1.08. The number of amides is 1. The molecule has 2 atom stereocenters. The van der Waals surface area contributed by atoms with Crippen molar-refractivity contribution in [2.45, 2.75) is 50.0 Å². The Hall–Kier alpha value is -1.54. The molecule has 144 valence electrons. The number of rotatable bonds is 8. The van der Waals surface area contributed by atoms with Gasteiger partial charge in [-0.1, -0.05) is 13.3 Å². The molecule has 1 N–H and O–H groups in total. The van der Waals surface area contributed by atoms with Crippen molar-refractivity contribution in [1.82, 2.24) is 5.32 Å². The Morgan fingerprint density at radius 1 is 1.38 bits per heavy atom. The largest absolute Gasteiger partial charge is 0.468 e. The molecule has 1 saturated heterocycles. The fourth-order valence-electron chi connectivity index (χ4n) is 2.59. The minimum atomic E-state index is -0.799. The number of ether oxygens (including phenoxy) is 2. The summed E-state index contributed by atoms with van der Waals surface area (Å²) in [5, 5.41) is 2.11. The number of esters is 2. The van der Waals surface area contributed by atoms with E-state index in [1.54, 1.807) is 0 Å². The third kappa shape index (κ3) is 5.48. The predicted octanol–water partition coefficient (Wildman–Crippen LogP) is 2.72. The molecule has 0 spiro atoms. The molecule has 1 aliphatic heterocycles. The number of aryl methyl sites for hydroxylation is 2. The van der Waals surface area contributed by atoms with Crippen molar-refractivity contribution in [3.8, 4) is 0 Å². The van der Waals surface area contributed by atoms with Crippen LogP contribution in [0.3, 0.4) is 0 Å². The maximum absolute atomic E-state index is 12.1. The summed E-state index contributed by atoms with van der Waals surface area (Å²) in [6.07, 6.45) is 3.46. The number of thioether (sulfide) groups is 1. The molecule has 0 saturated carbocycles. The van der Waals surface area contributed by atoms with E-state index in [1.165, 1.54) is 30.2 Å². The van der Waals surface area contributed by atoms with Gasteiger partial charge in [-0.05, 0) is 37.8 Å². The maximum Gasteiger partial charge on any atom is 0.348 e. The van der Waals surface area contributed by atoms with E-state index in [0.717, 1.165) is 36.1 Å². The van der Waals surface area contributed by atoms with Gasteiger partial charge in [0.05, 0.1) is 13.7 Å². The van der Waals surface area contributed by atoms with Gasteiger partial charge >= 0.3 is 11.9 Å². The van der Waals surface area contributed by atoms with Crippen molar-refractivity contribution in [1.29, 1.82) is 0 Å². The minimum absolute atomic E-state index is 0.137. The first kappa shape index (κ1) is 20.8. The van der Waals surface area contributed by atoms with Crippen LogP contribution in [0.2, 0.25) is 0 Å². The normalized spacial score (nSPS) is 19.7. The van der Waals surface area contributed by atoms with Gasteiger partial charge in [-0.3, -0.25) is 9.59 Å². The lowest BCUT2D eigenvalue weighted by Gasteiger charge is -2.27. The quantitative estimate of drug-likeness (QED) is 0.411. The fraction of sp³-hybridized carbons (Fsp3) is 0.611. The van der Waals surface area contributed by atoms with Crippen LogP contribution in [0.1, 0.15) is 46.3 Å². The molecule has 2 unspecified atom stereocenters. The molecule has 1 aromatic heterocycles. The van der Waals surface area contributed by atoms with Crippen molar-refractivity contribution in [3.05, 3.63) is 21.4 Å². The summed E-state index contributed by atoms with van der Waals surface area (Å²) < 4.78 is 9.95. The Bertz CT molecular complexity index is 650. The number of thiophene rings is 1. The molecule has 0 aliphatic carbocycles. The number of hydrogen-bond donors (Lipinski definition) is 1. The van der Waals surface area contributed by atoms with Crippen LogP contribution in [0, 0.1) is 6.92 Å². The highest BCUT2D eigenvalue weighted by Gasteiger charge is 2.35. The number of unbranched alkanes of at least 4 members (excludes halogenated alkanes) is 1. The molecule has 1 aromatic rings. The van der Waals surface area contributed by atoms with E-state index in [-0.39, 0.29) is 17.1 Å². The van der Waals surface area contributed by atoms with Crippen molar-refractivity contribution in [2.75, 3.05) is 20.3 Å². The lowest BCUT2D eigenvalue weighted by Crippen LogP contribution is -2.47. The zero-order chi connectivity index (χ0) is 19.1. The zero-order valence-electron chi connectivity index (χ0n) is 15.3. The van der Waals surface area contributed by atoms with Crippen LogP contribution < -0.4 is 5.32 Å². The van der Waals surface area contributed by atoms with Crippen molar-refractivity contribution < 1.29 is 23.9 Å². The smallest absolute Gasteiger partial charge is 0.348 e. The molecular weight excluding hydrogens is 374 g/mol. The molecule has 1 amide bonds. The van der Waals surface area contributed by atoms with Crippen LogP contribution in [0.25, 0.3) is 0 Å². The topological polar surface area (TPSA) is 81.7 Å². The third-order valence-electron chi connectivity index (χ3n) is 4.13. The predicted molar refractivity (Wildman–Crippen MR) is 103 cm³/mol. The van der Waals surface area contributed by atoms with E-state index in [2.05, 4.69) is 12.2 Å². The lowest BCUT2D eigenvalue weighted by atomic mass is 10.1. The molecule has 2 rings (SSSR count). The number of carbonyl (C=O) groups is 3. The van der Waals surface area contributed by atoms with Gasteiger partial charge in [-0.25, -0.2) is 4.79 Å². The summed E-state index contributed by atoms with van der Waals surface area (Å²) in [4.78, 5) is 37.3. The summed E-state index contributed by atoms with van der Waals surface area (Å²) in [5.74, 6) is -1.06. The summed E-state index contributed by atoms with van der Waals surface area (Å²) in [6.45, 7) is 5.03. The van der Waals surface area contributed by atoms with Crippen LogP contribution in [0.15, 0.2) is 6.07 Å². The van der Waals surface area contributed by atoms with E-state index in [1.807, 2.05) is 13.0 Å². The Labute approximate surface area is 162 Å². The van der Waals surface area contributed by atoms with Crippen LogP contribution >= 0.6 is 23.1 Å². The highest BCUT2D eigenvalue weighted by atomic mass is 32.2. The van der Waals surface area contributed by atoms with Crippen LogP contribution in [0.4, 0.5) is 0 Å². The van der Waals surface area contributed by atoms with Crippen LogP contribution in [-0.2, 0) is 25.5 Å². The molecular formula is C18H25NO5S2. The number of carbonyl (C=O) groups excluding carboxylic acids is 3. The van der Waals surface area contributed by atoms with E-state index in [9.17, 15) is 14.4 Å². The first-order chi connectivity index (χ1) is 12.5. The standard InChI is InChI=1S/C18H25NO5S2/c1-4-5-8-24-17(21)14-9-11(2)13(26-14)7-6-12-10-19-16(20)15(25-12)18(22)23-3/h9,12,15H,4-8,10H2,1-3H3,(H,19,20). The SMILES string of the molecule is CCCCOC(=O)c1cc(C)c(CCC2CNC(=O)C(C(=O)OC)S2)s1. The molecule has 0 bridgehead atoms. The number of nitrogens with one attached hydrogen (secondary N) is 1. The average molecular weight is 400 g/mol. The highest BCUT2D eigenvalue weighted by molar-refractivity contribution is 8.02. The van der Waals surface area contributed by atoms with E-state index in [0.29, 0.717) is 18.0 Å². The average Bonchev–Trinajstić information content (AvgIpc) is 3.01. The third-order valence-corrected chi connectivity index (χ3v) is 6.87.